The van der Waals surface area contributed by atoms with Gasteiger partial charge in [0.05, 0.1) is 5.38 Å². The molecule has 0 aliphatic carbocycles. The molecule has 1 rings (SSSR count). The minimum Gasteiger partial charge on any atom is -0.118 e. The number of allylic oxidation sites excluding steroid dienone is 1. The molecule has 0 bridgehead atoms. The molecule has 0 radical (unpaired) electrons. The second-order valence-corrected chi connectivity index (χ2v) is 3.34. The van der Waals surface area contributed by atoms with E-state index >= 15 is 0 Å². The molecular weight excluding hydrogens is 191 g/mol. The fourth-order valence-electron chi connectivity index (χ4n) is 0.986. The number of benzene rings is 1. The van der Waals surface area contributed by atoms with Crippen molar-refractivity contribution in [1.82, 2.24) is 0 Å². The highest BCUT2D eigenvalue weighted by Gasteiger charge is 1.99. The van der Waals surface area contributed by atoms with Gasteiger partial charge in [0.25, 0.3) is 0 Å². The summed E-state index contributed by atoms with van der Waals surface area (Å²) in [4.78, 5) is 0. The average Bonchev–Trinajstić information content (AvgIpc) is 2.06. The fourth-order valence-corrected chi connectivity index (χ4v) is 1.49. The van der Waals surface area contributed by atoms with Gasteiger partial charge in [0, 0.05) is 5.54 Å². The predicted molar refractivity (Wildman–Crippen MR) is 54.8 cm³/mol. The molecule has 1 atom stereocenters. The third-order valence-electron chi connectivity index (χ3n) is 1.56. The summed E-state index contributed by atoms with van der Waals surface area (Å²) in [6, 6.07) is 10.1. The molecule has 1 aromatic rings. The second-order valence-electron chi connectivity index (χ2n) is 2.52. The maximum atomic E-state index is 5.94. The van der Waals surface area contributed by atoms with Gasteiger partial charge in [-0.15, -0.1) is 11.6 Å². The molecule has 0 fully saturated rings. The molecule has 1 aromatic carbocycles. The van der Waals surface area contributed by atoms with Gasteiger partial charge in [-0.05, 0) is 12.0 Å². The Kier molecular flexibility index (Phi) is 4.20. The highest BCUT2D eigenvalue weighted by atomic mass is 35.5. The van der Waals surface area contributed by atoms with Crippen LogP contribution in [-0.2, 0) is 6.42 Å². The predicted octanol–water partition coefficient (Wildman–Crippen LogP) is 3.59. The molecular formula is C10H10Cl2. The Morgan fingerprint density at radius 3 is 2.50 bits per heavy atom. The summed E-state index contributed by atoms with van der Waals surface area (Å²) in [5.74, 6) is 0. The maximum absolute atomic E-state index is 5.94. The summed E-state index contributed by atoms with van der Waals surface area (Å²) < 4.78 is 0. The smallest absolute Gasteiger partial charge is 0.0567 e. The van der Waals surface area contributed by atoms with Crippen molar-refractivity contribution in [2.24, 2.45) is 0 Å². The normalized spacial score (nSPS) is 13.5. The maximum Gasteiger partial charge on any atom is 0.0567 e. The van der Waals surface area contributed by atoms with E-state index in [9.17, 15) is 0 Å². The van der Waals surface area contributed by atoms with Gasteiger partial charge in [0.1, 0.15) is 0 Å². The summed E-state index contributed by atoms with van der Waals surface area (Å²) in [5, 5.41) is -0.00935. The minimum absolute atomic E-state index is 0.00935. The highest BCUT2D eigenvalue weighted by Crippen LogP contribution is 2.09. The third kappa shape index (κ3) is 3.29. The van der Waals surface area contributed by atoms with Crippen molar-refractivity contribution in [3.05, 3.63) is 47.5 Å². The average molecular weight is 201 g/mol. The zero-order chi connectivity index (χ0) is 8.81. The van der Waals surface area contributed by atoms with Crippen LogP contribution in [0.25, 0.3) is 0 Å². The van der Waals surface area contributed by atoms with Gasteiger partial charge in [-0.2, -0.15) is 0 Å². The summed E-state index contributed by atoms with van der Waals surface area (Å²) in [5.41, 5.74) is 2.69. The highest BCUT2D eigenvalue weighted by molar-refractivity contribution is 6.27. The van der Waals surface area contributed by atoms with E-state index in [2.05, 4.69) is 12.1 Å². The SMILES string of the molecule is ClC=CC(Cl)Cc1ccccc1. The lowest BCUT2D eigenvalue weighted by molar-refractivity contribution is 1.01. The molecule has 0 aromatic heterocycles. The molecule has 0 amide bonds. The summed E-state index contributed by atoms with van der Waals surface area (Å²) in [6.45, 7) is 0. The van der Waals surface area contributed by atoms with Crippen molar-refractivity contribution < 1.29 is 0 Å². The largest absolute Gasteiger partial charge is 0.118 e. The van der Waals surface area contributed by atoms with E-state index in [0.29, 0.717) is 0 Å². The van der Waals surface area contributed by atoms with Crippen molar-refractivity contribution >= 4 is 23.2 Å². The first-order chi connectivity index (χ1) is 5.83. The Bertz CT molecular complexity index is 241. The van der Waals surface area contributed by atoms with Crippen LogP contribution in [0, 0.1) is 0 Å². The first-order valence-electron chi connectivity index (χ1n) is 3.78. The van der Waals surface area contributed by atoms with Gasteiger partial charge in [-0.1, -0.05) is 48.0 Å². The summed E-state index contributed by atoms with van der Waals surface area (Å²) in [7, 11) is 0. The fraction of sp³-hybridized carbons (Fsp3) is 0.200. The molecule has 0 nitrogen and oxygen atoms in total. The van der Waals surface area contributed by atoms with Crippen molar-refractivity contribution in [1.29, 1.82) is 0 Å². The van der Waals surface area contributed by atoms with E-state index in [-0.39, 0.29) is 5.38 Å². The van der Waals surface area contributed by atoms with Crippen LogP contribution < -0.4 is 0 Å². The first-order valence-corrected chi connectivity index (χ1v) is 4.65. The van der Waals surface area contributed by atoms with Crippen molar-refractivity contribution in [3.8, 4) is 0 Å². The zero-order valence-electron chi connectivity index (χ0n) is 6.58. The van der Waals surface area contributed by atoms with Gasteiger partial charge < -0.3 is 0 Å². The molecule has 0 spiro atoms. The Morgan fingerprint density at radius 1 is 1.25 bits per heavy atom. The lowest BCUT2D eigenvalue weighted by atomic mass is 10.1. The van der Waals surface area contributed by atoms with E-state index in [0.717, 1.165) is 6.42 Å². The van der Waals surface area contributed by atoms with Crippen LogP contribution in [0.5, 0.6) is 0 Å². The van der Waals surface area contributed by atoms with Crippen LogP contribution in [0.15, 0.2) is 41.9 Å². The van der Waals surface area contributed by atoms with Gasteiger partial charge in [-0.25, -0.2) is 0 Å². The van der Waals surface area contributed by atoms with E-state index in [1.54, 1.807) is 6.08 Å². The van der Waals surface area contributed by atoms with Crippen LogP contribution in [0.1, 0.15) is 5.56 Å². The van der Waals surface area contributed by atoms with Crippen LogP contribution in [-0.4, -0.2) is 5.38 Å². The van der Waals surface area contributed by atoms with E-state index in [1.807, 2.05) is 18.2 Å². The quantitative estimate of drug-likeness (QED) is 0.655. The Balaban J connectivity index is 2.52. The topological polar surface area (TPSA) is 0 Å². The van der Waals surface area contributed by atoms with E-state index < -0.39 is 0 Å². The molecule has 1 unspecified atom stereocenters. The minimum atomic E-state index is -0.00935. The van der Waals surface area contributed by atoms with Gasteiger partial charge in [-0.3, -0.25) is 0 Å². The molecule has 2 heteroatoms. The second kappa shape index (κ2) is 5.23. The molecule has 0 saturated heterocycles. The lowest BCUT2D eigenvalue weighted by Crippen LogP contribution is -1.98. The molecule has 0 saturated carbocycles. The van der Waals surface area contributed by atoms with E-state index in [4.69, 9.17) is 23.2 Å². The van der Waals surface area contributed by atoms with Crippen LogP contribution >= 0.6 is 23.2 Å². The van der Waals surface area contributed by atoms with Crippen LogP contribution in [0.2, 0.25) is 0 Å². The number of hydrogen-bond acceptors (Lipinski definition) is 0. The molecule has 0 aliphatic rings. The summed E-state index contributed by atoms with van der Waals surface area (Å²) in [6.07, 6.45) is 2.60. The van der Waals surface area contributed by atoms with Crippen LogP contribution in [0.3, 0.4) is 0 Å². The standard InChI is InChI=1S/C10H10Cl2/c11-7-6-10(12)8-9-4-2-1-3-5-9/h1-7,10H,8H2. The number of hydrogen-bond donors (Lipinski definition) is 0. The number of alkyl halides is 1. The monoisotopic (exact) mass is 200 g/mol. The first kappa shape index (κ1) is 9.63. The van der Waals surface area contributed by atoms with Gasteiger partial charge in [0.15, 0.2) is 0 Å². The van der Waals surface area contributed by atoms with Gasteiger partial charge >= 0.3 is 0 Å². The van der Waals surface area contributed by atoms with E-state index in [1.165, 1.54) is 11.1 Å². The number of rotatable bonds is 3. The molecule has 0 N–H and O–H groups in total. The molecule has 64 valence electrons. The van der Waals surface area contributed by atoms with Crippen LogP contribution in [0.4, 0.5) is 0 Å². The van der Waals surface area contributed by atoms with Crippen molar-refractivity contribution in [3.63, 3.8) is 0 Å². The van der Waals surface area contributed by atoms with Crippen molar-refractivity contribution in [2.75, 3.05) is 0 Å². The molecule has 0 aliphatic heterocycles. The Morgan fingerprint density at radius 2 is 1.92 bits per heavy atom. The van der Waals surface area contributed by atoms with Crippen molar-refractivity contribution in [2.45, 2.75) is 11.8 Å². The molecule has 12 heavy (non-hydrogen) atoms. The molecule has 0 heterocycles. The summed E-state index contributed by atoms with van der Waals surface area (Å²) >= 11 is 11.3. The third-order valence-corrected chi connectivity index (χ3v) is 2.00. The Labute approximate surface area is 82.8 Å². The Hall–Kier alpha value is -0.460. The van der Waals surface area contributed by atoms with Gasteiger partial charge in [0.2, 0.25) is 0 Å². The zero-order valence-corrected chi connectivity index (χ0v) is 8.09. The lowest BCUT2D eigenvalue weighted by Gasteiger charge is -2.02. The number of halogens is 2.